The second-order valence-corrected chi connectivity index (χ2v) is 16.5. The fourth-order valence-corrected chi connectivity index (χ4v) is 8.82. The number of anilines is 2. The summed E-state index contributed by atoms with van der Waals surface area (Å²) < 4.78 is 50.3. The van der Waals surface area contributed by atoms with Gasteiger partial charge in [-0.25, -0.2) is 0 Å². The van der Waals surface area contributed by atoms with Crippen LogP contribution in [0, 0.1) is 19.8 Å². The van der Waals surface area contributed by atoms with Crippen LogP contribution in [0.3, 0.4) is 0 Å². The van der Waals surface area contributed by atoms with Crippen molar-refractivity contribution >= 4 is 46.3 Å². The number of ether oxygens (including phenoxy) is 1. The lowest BCUT2D eigenvalue weighted by Crippen LogP contribution is -2.47. The van der Waals surface area contributed by atoms with Gasteiger partial charge in [0, 0.05) is 99.3 Å². The third-order valence-electron chi connectivity index (χ3n) is 12.3. The van der Waals surface area contributed by atoms with Crippen LogP contribution in [-0.2, 0) is 32.3 Å². The van der Waals surface area contributed by atoms with Crippen LogP contribution in [0.15, 0.2) is 57.7 Å². The van der Waals surface area contributed by atoms with Gasteiger partial charge in [-0.05, 0) is 112 Å². The van der Waals surface area contributed by atoms with E-state index in [0.29, 0.717) is 55.9 Å². The van der Waals surface area contributed by atoms with E-state index in [2.05, 4.69) is 15.5 Å². The Morgan fingerprint density at radius 3 is 2.45 bits per heavy atom. The van der Waals surface area contributed by atoms with Crippen molar-refractivity contribution in [2.45, 2.75) is 89.9 Å². The number of nitrogens with zero attached hydrogens (tertiary/aromatic N) is 4. The first-order chi connectivity index (χ1) is 27.5. The lowest BCUT2D eigenvalue weighted by molar-refractivity contribution is -0.137. The maximum absolute atomic E-state index is 14.3. The lowest BCUT2D eigenvalue weighted by atomic mass is 9.91. The number of benzene rings is 1. The van der Waals surface area contributed by atoms with E-state index in [1.54, 1.807) is 23.6 Å². The molecule has 0 saturated carbocycles. The van der Waals surface area contributed by atoms with Gasteiger partial charge in [-0.1, -0.05) is 11.6 Å². The van der Waals surface area contributed by atoms with Gasteiger partial charge in [0.05, 0.1) is 12.7 Å². The normalized spacial score (nSPS) is 21.5. The van der Waals surface area contributed by atoms with Crippen LogP contribution in [0.2, 0.25) is 0 Å². The van der Waals surface area contributed by atoms with E-state index in [9.17, 15) is 32.3 Å². The number of piperidine rings is 2. The van der Waals surface area contributed by atoms with Crippen molar-refractivity contribution < 1.29 is 32.3 Å². The van der Waals surface area contributed by atoms with Gasteiger partial charge in [-0.3, -0.25) is 29.4 Å². The van der Waals surface area contributed by atoms with Gasteiger partial charge in [0.25, 0.3) is 5.56 Å². The summed E-state index contributed by atoms with van der Waals surface area (Å²) in [4.78, 5) is 55.8. The molecule has 0 bridgehead atoms. The topological polar surface area (TPSA) is 116 Å². The molecule has 3 amide bonds. The second kappa shape index (κ2) is 18.1. The molecule has 2 unspecified atom stereocenters. The molecule has 3 aliphatic heterocycles. The summed E-state index contributed by atoms with van der Waals surface area (Å²) in [6, 6.07) is 3.29. The van der Waals surface area contributed by atoms with Gasteiger partial charge in [-0.15, -0.1) is 0 Å². The number of carbonyl (C=O) groups is 3. The number of amides is 3. The molecule has 1 aromatic heterocycles. The SMILES string of the molecule is COC1=CC(c2cn(C)c(=O)c(C)c2C)=CC(Cl)=C(CN2CCCC(N(C)C(=O)CC3CCN(c4ccc(NC5CCC(=O)NC5=O)cc4C(F)(F)F)CC3)CC2)C1. The van der Waals surface area contributed by atoms with Crippen LogP contribution in [0.25, 0.3) is 5.57 Å². The molecule has 0 radical (unpaired) electrons. The standard InChI is InChI=1S/C43H54ClF3N6O5/c1-26-27(2)42(57)50(3)25-34(26)29-20-33(58-5)21-30(36(44)22-29)24-52-15-6-7-32(14-16-52)51(4)40(55)19-28-12-17-53(18-13-28)38-10-8-31(23-35(38)43(45,46)47)48-37-9-11-39(54)49-41(37)56/h8,10,20,22-23,25,28,32,37,48H,6-7,9,11-19,21,24H2,1-5H3,(H,49,54,56). The number of alkyl halides is 3. The summed E-state index contributed by atoms with van der Waals surface area (Å²) in [7, 11) is 5.27. The molecule has 3 fully saturated rings. The molecule has 58 heavy (non-hydrogen) atoms. The predicted molar refractivity (Wildman–Crippen MR) is 219 cm³/mol. The first-order valence-electron chi connectivity index (χ1n) is 20.1. The highest BCUT2D eigenvalue weighted by atomic mass is 35.5. The Labute approximate surface area is 342 Å². The summed E-state index contributed by atoms with van der Waals surface area (Å²) in [5.41, 5.74) is 3.86. The molecular formula is C43H54ClF3N6O5. The fourth-order valence-electron chi connectivity index (χ4n) is 8.57. The minimum absolute atomic E-state index is 0.0315. The number of allylic oxidation sites excluding steroid dienone is 5. The van der Waals surface area contributed by atoms with Crippen molar-refractivity contribution in [1.29, 1.82) is 0 Å². The van der Waals surface area contributed by atoms with Crippen LogP contribution in [0.1, 0.15) is 80.0 Å². The number of carbonyl (C=O) groups excluding carboxylic acids is 3. The van der Waals surface area contributed by atoms with Crippen LogP contribution >= 0.6 is 11.6 Å². The van der Waals surface area contributed by atoms with Gasteiger partial charge in [-0.2, -0.15) is 13.2 Å². The second-order valence-electron chi connectivity index (χ2n) is 16.1. The van der Waals surface area contributed by atoms with E-state index in [1.165, 1.54) is 12.1 Å². The van der Waals surface area contributed by atoms with Crippen LogP contribution < -0.4 is 21.1 Å². The number of pyridine rings is 1. The lowest BCUT2D eigenvalue weighted by Gasteiger charge is -2.36. The Kier molecular flexibility index (Phi) is 13.5. The molecule has 4 heterocycles. The third-order valence-corrected chi connectivity index (χ3v) is 12.7. The number of likely N-dealkylation sites (tertiary alicyclic amines) is 1. The number of methoxy groups -OCH3 is 1. The van der Waals surface area contributed by atoms with Crippen molar-refractivity contribution in [1.82, 2.24) is 19.7 Å². The molecule has 314 valence electrons. The summed E-state index contributed by atoms with van der Waals surface area (Å²) in [5, 5.41) is 5.72. The number of hydrogen-bond donors (Lipinski definition) is 2. The molecular weight excluding hydrogens is 773 g/mol. The van der Waals surface area contributed by atoms with E-state index in [1.807, 2.05) is 44.1 Å². The fraction of sp³-hybridized carbons (Fsp3) is 0.535. The highest BCUT2D eigenvalue weighted by Gasteiger charge is 2.37. The Morgan fingerprint density at radius 1 is 1.02 bits per heavy atom. The number of aromatic nitrogens is 1. The summed E-state index contributed by atoms with van der Waals surface area (Å²) >= 11 is 7.00. The van der Waals surface area contributed by atoms with Crippen LogP contribution in [0.4, 0.5) is 24.5 Å². The summed E-state index contributed by atoms with van der Waals surface area (Å²) in [6.07, 6.45) is 6.19. The molecule has 6 rings (SSSR count). The van der Waals surface area contributed by atoms with Gasteiger partial charge >= 0.3 is 6.18 Å². The molecule has 11 nitrogen and oxygen atoms in total. The summed E-state index contributed by atoms with van der Waals surface area (Å²) in [5.74, 6) is -0.0440. The predicted octanol–water partition coefficient (Wildman–Crippen LogP) is 6.67. The van der Waals surface area contributed by atoms with E-state index in [0.717, 1.165) is 66.5 Å². The van der Waals surface area contributed by atoms with Crippen molar-refractivity contribution in [3.63, 3.8) is 0 Å². The van der Waals surface area contributed by atoms with Crippen molar-refractivity contribution in [2.24, 2.45) is 13.0 Å². The zero-order valence-electron chi connectivity index (χ0n) is 33.9. The van der Waals surface area contributed by atoms with Gasteiger partial charge in [0.15, 0.2) is 0 Å². The Balaban J connectivity index is 1.03. The summed E-state index contributed by atoms with van der Waals surface area (Å²) in [6.45, 7) is 6.87. The quantitative estimate of drug-likeness (QED) is 0.256. The average Bonchev–Trinajstić information content (AvgIpc) is 3.52. The van der Waals surface area contributed by atoms with Crippen molar-refractivity contribution in [3.05, 3.63) is 85.5 Å². The Bertz CT molecular complexity index is 2070. The van der Waals surface area contributed by atoms with Gasteiger partial charge in [0.2, 0.25) is 17.7 Å². The number of halogens is 4. The maximum atomic E-state index is 14.3. The van der Waals surface area contributed by atoms with Crippen molar-refractivity contribution in [3.8, 4) is 0 Å². The zero-order chi connectivity index (χ0) is 41.9. The first-order valence-corrected chi connectivity index (χ1v) is 20.5. The van der Waals surface area contributed by atoms with Gasteiger partial charge in [0.1, 0.15) is 11.8 Å². The molecule has 1 aromatic carbocycles. The number of imide groups is 1. The minimum Gasteiger partial charge on any atom is -0.501 e. The van der Waals surface area contributed by atoms with E-state index in [4.69, 9.17) is 16.3 Å². The number of rotatable bonds is 10. The smallest absolute Gasteiger partial charge is 0.418 e. The number of aryl methyl sites for hydroxylation is 1. The Morgan fingerprint density at radius 2 is 1.76 bits per heavy atom. The highest BCUT2D eigenvalue weighted by molar-refractivity contribution is 6.32. The molecule has 2 N–H and O–H groups in total. The number of nitrogens with one attached hydrogen (secondary N) is 2. The molecule has 2 aromatic rings. The number of hydrogen-bond acceptors (Lipinski definition) is 8. The minimum atomic E-state index is -4.62. The molecule has 15 heteroatoms. The van der Waals surface area contributed by atoms with Crippen LogP contribution in [-0.4, -0.2) is 91.1 Å². The molecule has 2 atom stereocenters. The van der Waals surface area contributed by atoms with Crippen LogP contribution in [0.5, 0.6) is 0 Å². The van der Waals surface area contributed by atoms with E-state index >= 15 is 0 Å². The van der Waals surface area contributed by atoms with E-state index < -0.39 is 29.6 Å². The average molecular weight is 827 g/mol. The van der Waals surface area contributed by atoms with Gasteiger partial charge < -0.3 is 24.4 Å². The largest absolute Gasteiger partial charge is 0.501 e. The highest BCUT2D eigenvalue weighted by Crippen LogP contribution is 2.40. The first kappa shape index (κ1) is 43.0. The maximum Gasteiger partial charge on any atom is 0.418 e. The molecule has 4 aliphatic rings. The Hall–Kier alpha value is -4.56. The van der Waals surface area contributed by atoms with E-state index in [-0.39, 0.29) is 47.6 Å². The monoisotopic (exact) mass is 826 g/mol. The van der Waals surface area contributed by atoms with Crippen molar-refractivity contribution in [2.75, 3.05) is 57.1 Å². The molecule has 0 spiro atoms. The molecule has 3 saturated heterocycles. The molecule has 1 aliphatic carbocycles. The third kappa shape index (κ3) is 9.99. The zero-order valence-corrected chi connectivity index (χ0v) is 34.7.